The van der Waals surface area contributed by atoms with E-state index < -0.39 is 0 Å². The normalized spacial score (nSPS) is 15.1. The van der Waals surface area contributed by atoms with E-state index in [0.717, 1.165) is 12.8 Å². The Hall–Kier alpha value is -0.900. The van der Waals surface area contributed by atoms with Crippen LogP contribution in [0.5, 0.6) is 0 Å². The minimum absolute atomic E-state index is 0.0735. The first kappa shape index (κ1) is 12.2. The van der Waals surface area contributed by atoms with Gasteiger partial charge < -0.3 is 5.11 Å². The monoisotopic (exact) mass is 211 g/mol. The van der Waals surface area contributed by atoms with Gasteiger partial charge in [-0.05, 0) is 13.3 Å². The van der Waals surface area contributed by atoms with Gasteiger partial charge in [0.1, 0.15) is 12.7 Å². The van der Waals surface area contributed by atoms with Gasteiger partial charge in [-0.1, -0.05) is 32.6 Å². The van der Waals surface area contributed by atoms with Crippen LogP contribution >= 0.6 is 0 Å². The van der Waals surface area contributed by atoms with Crippen molar-refractivity contribution in [3.05, 3.63) is 12.7 Å². The molecule has 4 heteroatoms. The number of aliphatic hydroxyl groups excluding tert-OH is 1. The van der Waals surface area contributed by atoms with Gasteiger partial charge in [-0.15, -0.1) is 0 Å². The molecule has 4 nitrogen and oxygen atoms in total. The number of rotatable bonds is 7. The Bertz CT molecular complexity index is 246. The SMILES string of the molecule is CCCCCC[C@@H]([C@@H](C)O)n1cncn1. The van der Waals surface area contributed by atoms with Crippen LogP contribution in [0.2, 0.25) is 0 Å². The Morgan fingerprint density at radius 2 is 2.13 bits per heavy atom. The van der Waals surface area contributed by atoms with E-state index in [0.29, 0.717) is 0 Å². The highest BCUT2D eigenvalue weighted by molar-refractivity contribution is 4.73. The van der Waals surface area contributed by atoms with Crippen molar-refractivity contribution in [1.29, 1.82) is 0 Å². The van der Waals surface area contributed by atoms with E-state index >= 15 is 0 Å². The summed E-state index contributed by atoms with van der Waals surface area (Å²) in [7, 11) is 0. The number of unbranched alkanes of at least 4 members (excludes halogenated alkanes) is 3. The van der Waals surface area contributed by atoms with Crippen LogP contribution in [-0.4, -0.2) is 26.0 Å². The zero-order valence-electron chi connectivity index (χ0n) is 9.63. The van der Waals surface area contributed by atoms with Crippen molar-refractivity contribution in [2.24, 2.45) is 0 Å². The van der Waals surface area contributed by atoms with E-state index in [2.05, 4.69) is 17.0 Å². The molecule has 0 radical (unpaired) electrons. The molecule has 0 aliphatic rings. The van der Waals surface area contributed by atoms with Crippen molar-refractivity contribution >= 4 is 0 Å². The summed E-state index contributed by atoms with van der Waals surface area (Å²) in [4.78, 5) is 3.91. The lowest BCUT2D eigenvalue weighted by molar-refractivity contribution is 0.115. The lowest BCUT2D eigenvalue weighted by atomic mass is 10.0. The zero-order chi connectivity index (χ0) is 11.1. The smallest absolute Gasteiger partial charge is 0.137 e. The van der Waals surface area contributed by atoms with Gasteiger partial charge in [-0.2, -0.15) is 5.10 Å². The van der Waals surface area contributed by atoms with Gasteiger partial charge in [0.15, 0.2) is 0 Å². The molecule has 0 aliphatic carbocycles. The molecule has 0 fully saturated rings. The average molecular weight is 211 g/mol. The molecule has 0 spiro atoms. The Morgan fingerprint density at radius 3 is 2.67 bits per heavy atom. The number of nitrogens with zero attached hydrogens (tertiary/aromatic N) is 3. The summed E-state index contributed by atoms with van der Waals surface area (Å²) in [5.74, 6) is 0. The molecule has 1 heterocycles. The van der Waals surface area contributed by atoms with E-state index in [9.17, 15) is 5.11 Å². The minimum atomic E-state index is -0.367. The maximum absolute atomic E-state index is 9.65. The third kappa shape index (κ3) is 4.00. The van der Waals surface area contributed by atoms with Gasteiger partial charge in [-0.3, -0.25) is 0 Å². The number of aliphatic hydroxyl groups is 1. The van der Waals surface area contributed by atoms with E-state index in [1.807, 2.05) is 6.92 Å². The van der Waals surface area contributed by atoms with Gasteiger partial charge in [0.2, 0.25) is 0 Å². The third-order valence-electron chi connectivity index (χ3n) is 2.69. The van der Waals surface area contributed by atoms with Crippen LogP contribution in [0.3, 0.4) is 0 Å². The van der Waals surface area contributed by atoms with E-state index in [-0.39, 0.29) is 12.1 Å². The summed E-state index contributed by atoms with van der Waals surface area (Å²) in [6.07, 6.45) is 8.68. The van der Waals surface area contributed by atoms with Crippen molar-refractivity contribution < 1.29 is 5.11 Å². The molecule has 2 atom stereocenters. The lowest BCUT2D eigenvalue weighted by Crippen LogP contribution is -2.21. The summed E-state index contributed by atoms with van der Waals surface area (Å²) in [6, 6.07) is 0.0735. The first-order valence-electron chi connectivity index (χ1n) is 5.78. The predicted octanol–water partition coefficient (Wildman–Crippen LogP) is 2.17. The number of aromatic nitrogens is 3. The Balaban J connectivity index is 2.39. The molecule has 1 aromatic heterocycles. The standard InChI is InChI=1S/C11H21N3O/c1-3-4-5-6-7-11(10(2)15)14-9-12-8-13-14/h8-11,15H,3-7H2,1-2H3/t10-,11+/m1/s1. The van der Waals surface area contributed by atoms with Crippen LogP contribution in [0.4, 0.5) is 0 Å². The average Bonchev–Trinajstić information content (AvgIpc) is 2.70. The molecule has 1 N–H and O–H groups in total. The second kappa shape index (κ2) is 6.56. The van der Waals surface area contributed by atoms with Gasteiger partial charge >= 0.3 is 0 Å². The molecule has 1 aromatic rings. The van der Waals surface area contributed by atoms with E-state index in [1.165, 1.54) is 25.6 Å². The first-order chi connectivity index (χ1) is 7.25. The Kier molecular flexibility index (Phi) is 5.32. The van der Waals surface area contributed by atoms with Crippen LogP contribution in [0.25, 0.3) is 0 Å². The van der Waals surface area contributed by atoms with Crippen molar-refractivity contribution in [3.8, 4) is 0 Å². The highest BCUT2D eigenvalue weighted by Gasteiger charge is 2.16. The minimum Gasteiger partial charge on any atom is -0.391 e. The quantitative estimate of drug-likeness (QED) is 0.703. The fourth-order valence-electron chi connectivity index (χ4n) is 1.76. The van der Waals surface area contributed by atoms with Crippen LogP contribution in [-0.2, 0) is 0 Å². The second-order valence-electron chi connectivity index (χ2n) is 4.03. The molecule has 15 heavy (non-hydrogen) atoms. The highest BCUT2D eigenvalue weighted by Crippen LogP contribution is 2.18. The zero-order valence-corrected chi connectivity index (χ0v) is 9.63. The molecule has 0 aliphatic heterocycles. The molecule has 0 saturated carbocycles. The lowest BCUT2D eigenvalue weighted by Gasteiger charge is -2.19. The fraction of sp³-hybridized carbons (Fsp3) is 0.818. The predicted molar refractivity (Wildman–Crippen MR) is 59.5 cm³/mol. The van der Waals surface area contributed by atoms with Gasteiger partial charge in [-0.25, -0.2) is 9.67 Å². The fourth-order valence-corrected chi connectivity index (χ4v) is 1.76. The van der Waals surface area contributed by atoms with Crippen LogP contribution < -0.4 is 0 Å². The number of hydrogen-bond acceptors (Lipinski definition) is 3. The second-order valence-corrected chi connectivity index (χ2v) is 4.03. The molecule has 1 rings (SSSR count). The largest absolute Gasteiger partial charge is 0.391 e. The van der Waals surface area contributed by atoms with Crippen molar-refractivity contribution in [3.63, 3.8) is 0 Å². The summed E-state index contributed by atoms with van der Waals surface area (Å²) in [5, 5.41) is 13.7. The van der Waals surface area contributed by atoms with Crippen molar-refractivity contribution in [2.45, 2.75) is 58.1 Å². The van der Waals surface area contributed by atoms with Crippen LogP contribution in [0.1, 0.15) is 52.0 Å². The molecule has 0 aromatic carbocycles. The summed E-state index contributed by atoms with van der Waals surface area (Å²) < 4.78 is 1.76. The Labute approximate surface area is 91.3 Å². The molecular weight excluding hydrogens is 190 g/mol. The van der Waals surface area contributed by atoms with Crippen molar-refractivity contribution in [1.82, 2.24) is 14.8 Å². The third-order valence-corrected chi connectivity index (χ3v) is 2.69. The van der Waals surface area contributed by atoms with Gasteiger partial charge in [0.05, 0.1) is 12.1 Å². The van der Waals surface area contributed by atoms with E-state index in [4.69, 9.17) is 0 Å². The molecule has 0 bridgehead atoms. The van der Waals surface area contributed by atoms with E-state index in [1.54, 1.807) is 11.0 Å². The summed E-state index contributed by atoms with van der Waals surface area (Å²) in [5.41, 5.74) is 0. The van der Waals surface area contributed by atoms with Crippen molar-refractivity contribution in [2.75, 3.05) is 0 Å². The van der Waals surface area contributed by atoms with Gasteiger partial charge in [0.25, 0.3) is 0 Å². The first-order valence-corrected chi connectivity index (χ1v) is 5.78. The maximum atomic E-state index is 9.65. The topological polar surface area (TPSA) is 50.9 Å². The Morgan fingerprint density at radius 1 is 1.33 bits per heavy atom. The summed E-state index contributed by atoms with van der Waals surface area (Å²) >= 11 is 0. The molecule has 0 unspecified atom stereocenters. The van der Waals surface area contributed by atoms with Crippen LogP contribution in [0, 0.1) is 0 Å². The molecule has 0 amide bonds. The van der Waals surface area contributed by atoms with Crippen LogP contribution in [0.15, 0.2) is 12.7 Å². The highest BCUT2D eigenvalue weighted by atomic mass is 16.3. The molecular formula is C11H21N3O. The van der Waals surface area contributed by atoms with Gasteiger partial charge in [0, 0.05) is 0 Å². The summed E-state index contributed by atoms with van der Waals surface area (Å²) in [6.45, 7) is 4.01. The molecule has 86 valence electrons. The maximum Gasteiger partial charge on any atom is 0.137 e. The molecule has 0 saturated heterocycles. The number of hydrogen-bond donors (Lipinski definition) is 1.